The molecule has 0 N–H and O–H groups in total. The van der Waals surface area contributed by atoms with E-state index in [0.717, 1.165) is 25.7 Å². The minimum Gasteiger partial charge on any atom is -0.465 e. The molecule has 0 radical (unpaired) electrons. The Hall–Kier alpha value is -1.36. The average Bonchev–Trinajstić information content (AvgIpc) is 3.08. The highest BCUT2D eigenvalue weighted by Crippen LogP contribution is 2.40. The predicted molar refractivity (Wildman–Crippen MR) is 76.5 cm³/mol. The Balaban J connectivity index is 1.95. The number of hydrogen-bond donors (Lipinski definition) is 0. The lowest BCUT2D eigenvalue weighted by Crippen LogP contribution is -2.38. The number of unbranched alkanes of at least 4 members (excludes halogenated alkanes) is 2. The maximum Gasteiger partial charge on any atom is 0.312 e. The molecule has 0 aromatic carbocycles. The fraction of sp³-hybridized carbons (Fsp3) is 0.750. The third kappa shape index (κ3) is 3.64. The molecule has 0 aromatic heterocycles. The summed E-state index contributed by atoms with van der Waals surface area (Å²) in [7, 11) is 0. The van der Waals surface area contributed by atoms with Gasteiger partial charge in [-0.25, -0.2) is 0 Å². The van der Waals surface area contributed by atoms with Crippen molar-refractivity contribution in [3.8, 4) is 0 Å². The number of fused-ring (bicyclic) bond motifs is 2. The number of carbonyl (C=O) groups is 2. The lowest BCUT2D eigenvalue weighted by molar-refractivity contribution is -0.160. The Morgan fingerprint density at radius 2 is 1.33 bits per heavy atom. The van der Waals surface area contributed by atoms with E-state index < -0.39 is 11.8 Å². The second-order valence-electron chi connectivity index (χ2n) is 5.54. The fourth-order valence-corrected chi connectivity index (χ4v) is 2.70. The van der Waals surface area contributed by atoms with Gasteiger partial charge in [-0.1, -0.05) is 38.8 Å². The van der Waals surface area contributed by atoms with E-state index in [9.17, 15) is 9.59 Å². The van der Waals surface area contributed by atoms with Crippen LogP contribution in [-0.2, 0) is 23.8 Å². The van der Waals surface area contributed by atoms with Crippen LogP contribution in [0.1, 0.15) is 39.5 Å². The topological polar surface area (TPSA) is 61.8 Å². The molecule has 2 bridgehead atoms. The molecule has 0 amide bonds. The van der Waals surface area contributed by atoms with Gasteiger partial charge in [-0.15, -0.1) is 0 Å². The van der Waals surface area contributed by atoms with Crippen LogP contribution >= 0.6 is 0 Å². The van der Waals surface area contributed by atoms with E-state index in [0.29, 0.717) is 13.2 Å². The predicted octanol–water partition coefficient (Wildman–Crippen LogP) is 2.24. The third-order valence-electron chi connectivity index (χ3n) is 3.93. The van der Waals surface area contributed by atoms with Crippen molar-refractivity contribution in [2.24, 2.45) is 11.8 Å². The molecule has 2 aliphatic rings. The molecule has 5 nitrogen and oxygen atoms in total. The van der Waals surface area contributed by atoms with E-state index in [1.165, 1.54) is 0 Å². The molecule has 0 saturated carbocycles. The van der Waals surface area contributed by atoms with Crippen molar-refractivity contribution in [3.63, 3.8) is 0 Å². The standard InChI is InChI=1S/C16H24O5/c1-3-5-9-19-15(17)13-11-7-8-12(21-11)14(13)16(18)20-10-6-4-2/h7-8,11-14H,3-6,9-10H2,1-2H3. The molecule has 1 saturated heterocycles. The molecule has 118 valence electrons. The molecule has 0 spiro atoms. The number of esters is 2. The first-order valence-corrected chi connectivity index (χ1v) is 7.86. The molecule has 0 aliphatic carbocycles. The monoisotopic (exact) mass is 296 g/mol. The smallest absolute Gasteiger partial charge is 0.312 e. The summed E-state index contributed by atoms with van der Waals surface area (Å²) in [5.74, 6) is -1.83. The van der Waals surface area contributed by atoms with Crippen LogP contribution in [0.3, 0.4) is 0 Å². The highest BCUT2D eigenvalue weighted by Gasteiger charge is 2.54. The van der Waals surface area contributed by atoms with Gasteiger partial charge in [0.2, 0.25) is 0 Å². The van der Waals surface area contributed by atoms with Crippen LogP contribution in [0.2, 0.25) is 0 Å². The Morgan fingerprint density at radius 3 is 1.71 bits per heavy atom. The number of rotatable bonds is 8. The Kier molecular flexibility index (Phi) is 5.79. The minimum atomic E-state index is -0.564. The van der Waals surface area contributed by atoms with Gasteiger partial charge in [0.1, 0.15) is 11.8 Å². The third-order valence-corrected chi connectivity index (χ3v) is 3.93. The van der Waals surface area contributed by atoms with Crippen molar-refractivity contribution in [3.05, 3.63) is 12.2 Å². The normalized spacial score (nSPS) is 29.6. The van der Waals surface area contributed by atoms with Crippen molar-refractivity contribution in [1.29, 1.82) is 0 Å². The number of hydrogen-bond acceptors (Lipinski definition) is 5. The van der Waals surface area contributed by atoms with Crippen LogP contribution in [0.5, 0.6) is 0 Å². The molecule has 1 fully saturated rings. The second-order valence-corrected chi connectivity index (χ2v) is 5.54. The zero-order valence-corrected chi connectivity index (χ0v) is 12.7. The van der Waals surface area contributed by atoms with E-state index >= 15 is 0 Å². The summed E-state index contributed by atoms with van der Waals surface area (Å²) in [4.78, 5) is 24.4. The minimum absolute atomic E-state index is 0.349. The first-order valence-electron chi connectivity index (χ1n) is 7.86. The van der Waals surface area contributed by atoms with E-state index in [1.807, 2.05) is 26.0 Å². The first kappa shape index (κ1) is 16.0. The van der Waals surface area contributed by atoms with Crippen LogP contribution in [0.25, 0.3) is 0 Å². The highest BCUT2D eigenvalue weighted by atomic mass is 16.6. The summed E-state index contributed by atoms with van der Waals surface area (Å²) in [6, 6.07) is 0. The van der Waals surface area contributed by atoms with Crippen molar-refractivity contribution in [2.45, 2.75) is 51.7 Å². The first-order chi connectivity index (χ1) is 10.2. The molecule has 21 heavy (non-hydrogen) atoms. The van der Waals surface area contributed by atoms with E-state index in [2.05, 4.69) is 0 Å². The molecule has 5 heteroatoms. The summed E-state index contributed by atoms with van der Waals surface area (Å²) in [6.07, 6.45) is 6.55. The van der Waals surface area contributed by atoms with Crippen molar-refractivity contribution in [1.82, 2.24) is 0 Å². The summed E-state index contributed by atoms with van der Waals surface area (Å²) in [5, 5.41) is 0. The quantitative estimate of drug-likeness (QED) is 0.390. The molecular weight excluding hydrogens is 272 g/mol. The van der Waals surface area contributed by atoms with Gasteiger partial charge in [-0.05, 0) is 12.8 Å². The molecule has 0 aromatic rings. The summed E-state index contributed by atoms with van der Waals surface area (Å²) in [6.45, 7) is 4.85. The van der Waals surface area contributed by atoms with Gasteiger partial charge < -0.3 is 14.2 Å². The van der Waals surface area contributed by atoms with Crippen LogP contribution in [0.4, 0.5) is 0 Å². The number of ether oxygens (including phenoxy) is 3. The van der Waals surface area contributed by atoms with Crippen LogP contribution in [0, 0.1) is 11.8 Å². The molecule has 4 atom stereocenters. The molecule has 4 unspecified atom stereocenters. The Morgan fingerprint density at radius 1 is 0.905 bits per heavy atom. The number of carbonyl (C=O) groups excluding carboxylic acids is 2. The highest BCUT2D eigenvalue weighted by molar-refractivity contribution is 5.85. The lowest BCUT2D eigenvalue weighted by Gasteiger charge is -2.22. The average molecular weight is 296 g/mol. The van der Waals surface area contributed by atoms with Crippen molar-refractivity contribution < 1.29 is 23.8 Å². The fourth-order valence-electron chi connectivity index (χ4n) is 2.70. The summed E-state index contributed by atoms with van der Waals surface area (Å²) in [5.41, 5.74) is 0. The van der Waals surface area contributed by atoms with Gasteiger partial charge in [0.15, 0.2) is 0 Å². The largest absolute Gasteiger partial charge is 0.465 e. The Bertz CT molecular complexity index is 367. The van der Waals surface area contributed by atoms with Crippen LogP contribution in [0.15, 0.2) is 12.2 Å². The van der Waals surface area contributed by atoms with E-state index in [4.69, 9.17) is 14.2 Å². The molecule has 2 rings (SSSR count). The maximum atomic E-state index is 12.2. The van der Waals surface area contributed by atoms with Crippen molar-refractivity contribution >= 4 is 11.9 Å². The summed E-state index contributed by atoms with van der Waals surface area (Å²) >= 11 is 0. The second kappa shape index (κ2) is 7.59. The van der Waals surface area contributed by atoms with Gasteiger partial charge in [0.25, 0.3) is 0 Å². The molecule has 2 heterocycles. The Labute approximate surface area is 125 Å². The zero-order chi connectivity index (χ0) is 15.2. The zero-order valence-electron chi connectivity index (χ0n) is 12.7. The van der Waals surface area contributed by atoms with Gasteiger partial charge in [-0.3, -0.25) is 9.59 Å². The summed E-state index contributed by atoms with van der Waals surface area (Å²) < 4.78 is 16.2. The molecule has 2 aliphatic heterocycles. The van der Waals surface area contributed by atoms with Gasteiger partial charge in [0, 0.05) is 0 Å². The van der Waals surface area contributed by atoms with Crippen LogP contribution < -0.4 is 0 Å². The van der Waals surface area contributed by atoms with Crippen molar-refractivity contribution in [2.75, 3.05) is 13.2 Å². The van der Waals surface area contributed by atoms with Gasteiger partial charge in [0.05, 0.1) is 25.4 Å². The van der Waals surface area contributed by atoms with Crippen LogP contribution in [-0.4, -0.2) is 37.4 Å². The lowest BCUT2D eigenvalue weighted by atomic mass is 9.83. The van der Waals surface area contributed by atoms with E-state index in [1.54, 1.807) is 0 Å². The van der Waals surface area contributed by atoms with E-state index in [-0.39, 0.29) is 24.1 Å². The SMILES string of the molecule is CCCCOC(=O)C1C2C=CC(O2)C1C(=O)OCCCC. The van der Waals surface area contributed by atoms with Gasteiger partial charge >= 0.3 is 11.9 Å². The molecular formula is C16H24O5. The maximum absolute atomic E-state index is 12.2. The van der Waals surface area contributed by atoms with Gasteiger partial charge in [-0.2, -0.15) is 0 Å².